The molecule has 19 heavy (non-hydrogen) atoms. The van der Waals surface area contributed by atoms with Crippen LogP contribution in [0.25, 0.3) is 0 Å². The minimum absolute atomic E-state index is 0.0553. The fourth-order valence-corrected chi connectivity index (χ4v) is 2.46. The molecule has 106 valence electrons. The van der Waals surface area contributed by atoms with Crippen LogP contribution in [-0.4, -0.2) is 5.78 Å². The molecule has 0 spiro atoms. The summed E-state index contributed by atoms with van der Waals surface area (Å²) in [7, 11) is 0. The fraction of sp³-hybridized carbons (Fsp3) is 0.588. The highest BCUT2D eigenvalue weighted by molar-refractivity contribution is 6.21. The first-order valence-corrected chi connectivity index (χ1v) is 7.90. The largest absolute Gasteiger partial charge is 0.294 e. The molecule has 0 aliphatic rings. The molecule has 0 N–H and O–H groups in total. The molecule has 2 heteroatoms. The average molecular weight is 281 g/mol. The van der Waals surface area contributed by atoms with E-state index in [2.05, 4.69) is 6.92 Å². The van der Waals surface area contributed by atoms with Crippen molar-refractivity contribution in [2.45, 2.75) is 64.2 Å². The van der Waals surface area contributed by atoms with Crippen LogP contribution in [0.5, 0.6) is 0 Å². The number of carbonyl (C=O) groups is 1. The Morgan fingerprint density at radius 1 is 1.11 bits per heavy atom. The second kappa shape index (κ2) is 9.14. The van der Waals surface area contributed by atoms with Crippen molar-refractivity contribution in [3.63, 3.8) is 0 Å². The highest BCUT2D eigenvalue weighted by atomic mass is 35.5. The maximum Gasteiger partial charge on any atom is 0.163 e. The highest BCUT2D eigenvalue weighted by Crippen LogP contribution is 2.28. The molecule has 1 unspecified atom stereocenters. The Morgan fingerprint density at radius 2 is 1.79 bits per heavy atom. The normalized spacial score (nSPS) is 12.4. The van der Waals surface area contributed by atoms with Crippen molar-refractivity contribution in [2.75, 3.05) is 0 Å². The maximum atomic E-state index is 12.3. The van der Waals surface area contributed by atoms with E-state index in [-0.39, 0.29) is 11.2 Å². The van der Waals surface area contributed by atoms with E-state index in [0.29, 0.717) is 6.42 Å². The van der Waals surface area contributed by atoms with Crippen LogP contribution >= 0.6 is 11.6 Å². The van der Waals surface area contributed by atoms with Crippen LogP contribution in [0.4, 0.5) is 0 Å². The summed E-state index contributed by atoms with van der Waals surface area (Å²) in [5, 5.41) is -0.0553. The number of halogens is 1. The highest BCUT2D eigenvalue weighted by Gasteiger charge is 2.15. The second-order valence-corrected chi connectivity index (χ2v) is 5.58. The van der Waals surface area contributed by atoms with Gasteiger partial charge in [0.1, 0.15) is 0 Å². The number of rotatable bonds is 9. The van der Waals surface area contributed by atoms with E-state index >= 15 is 0 Å². The van der Waals surface area contributed by atoms with Crippen LogP contribution in [0.1, 0.15) is 80.1 Å². The van der Waals surface area contributed by atoms with E-state index in [4.69, 9.17) is 11.6 Å². The third-order valence-electron chi connectivity index (χ3n) is 3.46. The molecule has 0 aliphatic heterocycles. The Bertz CT molecular complexity index is 387. The third-order valence-corrected chi connectivity index (χ3v) is 4.01. The molecule has 1 aromatic rings. The fourth-order valence-electron chi connectivity index (χ4n) is 2.27. The zero-order valence-corrected chi connectivity index (χ0v) is 12.9. The van der Waals surface area contributed by atoms with Crippen LogP contribution in [-0.2, 0) is 0 Å². The lowest BCUT2D eigenvalue weighted by Crippen LogP contribution is -2.05. The predicted molar refractivity (Wildman–Crippen MR) is 83.0 cm³/mol. The first-order valence-electron chi connectivity index (χ1n) is 7.46. The SMILES string of the molecule is CCCCCCCC(=O)c1ccccc1C(Cl)CC. The summed E-state index contributed by atoms with van der Waals surface area (Å²) in [6.07, 6.45) is 7.38. The van der Waals surface area contributed by atoms with E-state index < -0.39 is 0 Å². The van der Waals surface area contributed by atoms with Gasteiger partial charge in [-0.2, -0.15) is 0 Å². The average Bonchev–Trinajstić information content (AvgIpc) is 2.46. The number of hydrogen-bond acceptors (Lipinski definition) is 1. The molecular weight excluding hydrogens is 256 g/mol. The first-order chi connectivity index (χ1) is 9.20. The van der Waals surface area contributed by atoms with Crippen LogP contribution in [0.2, 0.25) is 0 Å². The van der Waals surface area contributed by atoms with Gasteiger partial charge in [-0.3, -0.25) is 4.79 Å². The van der Waals surface area contributed by atoms with Crippen molar-refractivity contribution in [1.29, 1.82) is 0 Å². The van der Waals surface area contributed by atoms with Gasteiger partial charge in [-0.05, 0) is 18.4 Å². The summed E-state index contributed by atoms with van der Waals surface area (Å²) in [5.41, 5.74) is 1.81. The van der Waals surface area contributed by atoms with E-state index in [1.807, 2.05) is 31.2 Å². The molecule has 0 amide bonds. The van der Waals surface area contributed by atoms with Crippen molar-refractivity contribution < 1.29 is 4.79 Å². The van der Waals surface area contributed by atoms with E-state index in [9.17, 15) is 4.79 Å². The number of unbranched alkanes of at least 4 members (excludes halogenated alkanes) is 4. The van der Waals surface area contributed by atoms with Crippen molar-refractivity contribution in [2.24, 2.45) is 0 Å². The molecule has 0 aromatic heterocycles. The van der Waals surface area contributed by atoms with Gasteiger partial charge in [0.25, 0.3) is 0 Å². The molecule has 1 nitrogen and oxygen atoms in total. The van der Waals surface area contributed by atoms with Gasteiger partial charge in [0.15, 0.2) is 5.78 Å². The van der Waals surface area contributed by atoms with Crippen LogP contribution in [0, 0.1) is 0 Å². The van der Waals surface area contributed by atoms with Gasteiger partial charge in [-0.25, -0.2) is 0 Å². The Morgan fingerprint density at radius 3 is 2.47 bits per heavy atom. The summed E-state index contributed by atoms with van der Waals surface area (Å²) in [5.74, 6) is 0.242. The van der Waals surface area contributed by atoms with Crippen LogP contribution in [0.3, 0.4) is 0 Å². The molecule has 0 saturated carbocycles. The van der Waals surface area contributed by atoms with E-state index in [1.165, 1.54) is 19.3 Å². The minimum atomic E-state index is -0.0553. The molecular formula is C17H25ClO. The number of ketones is 1. The van der Waals surface area contributed by atoms with Crippen molar-refractivity contribution in [3.8, 4) is 0 Å². The smallest absolute Gasteiger partial charge is 0.163 e. The molecule has 1 aromatic carbocycles. The Kier molecular flexibility index (Phi) is 7.81. The number of alkyl halides is 1. The third kappa shape index (κ3) is 5.36. The molecule has 1 rings (SSSR count). The van der Waals surface area contributed by atoms with Gasteiger partial charge in [0, 0.05) is 12.0 Å². The Labute approximate surface area is 122 Å². The lowest BCUT2D eigenvalue weighted by molar-refractivity contribution is 0.0978. The lowest BCUT2D eigenvalue weighted by atomic mass is 9.96. The molecule has 0 saturated heterocycles. The van der Waals surface area contributed by atoms with Crippen molar-refractivity contribution in [3.05, 3.63) is 35.4 Å². The number of hydrogen-bond donors (Lipinski definition) is 0. The lowest BCUT2D eigenvalue weighted by Gasteiger charge is -2.12. The molecule has 0 fully saturated rings. The van der Waals surface area contributed by atoms with E-state index in [0.717, 1.165) is 30.4 Å². The van der Waals surface area contributed by atoms with Gasteiger partial charge < -0.3 is 0 Å². The van der Waals surface area contributed by atoms with Gasteiger partial charge in [0.2, 0.25) is 0 Å². The van der Waals surface area contributed by atoms with Gasteiger partial charge in [-0.1, -0.05) is 63.8 Å². The molecule has 1 atom stereocenters. The zero-order chi connectivity index (χ0) is 14.1. The second-order valence-electron chi connectivity index (χ2n) is 5.05. The minimum Gasteiger partial charge on any atom is -0.294 e. The van der Waals surface area contributed by atoms with Crippen molar-refractivity contribution in [1.82, 2.24) is 0 Å². The molecule has 0 aliphatic carbocycles. The standard InChI is InChI=1S/C17H25ClO/c1-3-5-6-7-8-13-17(19)15-12-10-9-11-14(15)16(18)4-2/h9-12,16H,3-8,13H2,1-2H3. The maximum absolute atomic E-state index is 12.3. The Hall–Kier alpha value is -0.820. The van der Waals surface area contributed by atoms with Crippen molar-refractivity contribution >= 4 is 17.4 Å². The number of benzene rings is 1. The molecule has 0 radical (unpaired) electrons. The molecule has 0 heterocycles. The summed E-state index contributed by atoms with van der Waals surface area (Å²) in [4.78, 5) is 12.3. The Balaban J connectivity index is 2.56. The zero-order valence-electron chi connectivity index (χ0n) is 12.1. The number of Topliss-reactive ketones (excluding diaryl/α,β-unsaturated/α-hetero) is 1. The summed E-state index contributed by atoms with van der Waals surface area (Å²) in [6.45, 7) is 4.25. The number of carbonyl (C=O) groups excluding carboxylic acids is 1. The summed E-state index contributed by atoms with van der Waals surface area (Å²) in [6, 6.07) is 7.77. The van der Waals surface area contributed by atoms with Gasteiger partial charge in [0.05, 0.1) is 5.38 Å². The van der Waals surface area contributed by atoms with Gasteiger partial charge >= 0.3 is 0 Å². The summed E-state index contributed by atoms with van der Waals surface area (Å²) >= 11 is 6.29. The molecule has 0 bridgehead atoms. The predicted octanol–water partition coefficient (Wildman–Crippen LogP) is 5.92. The van der Waals surface area contributed by atoms with E-state index in [1.54, 1.807) is 0 Å². The first kappa shape index (κ1) is 16.2. The van der Waals surface area contributed by atoms with Crippen LogP contribution < -0.4 is 0 Å². The quantitative estimate of drug-likeness (QED) is 0.312. The van der Waals surface area contributed by atoms with Crippen LogP contribution in [0.15, 0.2) is 24.3 Å². The van der Waals surface area contributed by atoms with Gasteiger partial charge in [-0.15, -0.1) is 11.6 Å². The summed E-state index contributed by atoms with van der Waals surface area (Å²) < 4.78 is 0. The topological polar surface area (TPSA) is 17.1 Å². The monoisotopic (exact) mass is 280 g/mol.